The largest absolute Gasteiger partial charge is 0.396 e. The number of hydrogen-bond donors (Lipinski definition) is 1. The van der Waals surface area contributed by atoms with Gasteiger partial charge < -0.3 is 5.73 Å². The first kappa shape index (κ1) is 22.5. The lowest BCUT2D eigenvalue weighted by Crippen LogP contribution is -1.99. The van der Waals surface area contributed by atoms with Crippen molar-refractivity contribution < 1.29 is 0 Å². The smallest absolute Gasteiger partial charge is 0.0943 e. The molecule has 0 spiro atoms. The van der Waals surface area contributed by atoms with Crippen LogP contribution < -0.4 is 5.73 Å². The number of hydrogen-bond acceptors (Lipinski definition) is 2. The summed E-state index contributed by atoms with van der Waals surface area (Å²) in [4.78, 5) is 4.71. The van der Waals surface area contributed by atoms with E-state index < -0.39 is 0 Å². The zero-order valence-corrected chi connectivity index (χ0v) is 20.4. The Hall–Kier alpha value is -4.95. The van der Waals surface area contributed by atoms with E-state index in [-0.39, 0.29) is 0 Å². The highest BCUT2D eigenvalue weighted by Gasteiger charge is 2.15. The Morgan fingerprint density at radius 3 is 2.16 bits per heavy atom. The summed E-state index contributed by atoms with van der Waals surface area (Å²) in [7, 11) is 0. The molecule has 0 saturated heterocycles. The van der Waals surface area contributed by atoms with Gasteiger partial charge in [0.1, 0.15) is 0 Å². The second kappa shape index (κ2) is 9.60. The van der Waals surface area contributed by atoms with Crippen LogP contribution in [-0.4, -0.2) is 4.98 Å². The molecule has 1 heterocycles. The highest BCUT2D eigenvalue weighted by Crippen LogP contribution is 2.38. The van der Waals surface area contributed by atoms with E-state index in [4.69, 9.17) is 10.7 Å². The number of allylic oxidation sites excluding steroid dienone is 2. The number of pyridine rings is 1. The summed E-state index contributed by atoms with van der Waals surface area (Å²) in [5.41, 5.74) is 15.7. The second-order valence-electron chi connectivity index (χ2n) is 9.12. The zero-order chi connectivity index (χ0) is 25.2. The second-order valence-corrected chi connectivity index (χ2v) is 9.12. The topological polar surface area (TPSA) is 38.9 Å². The summed E-state index contributed by atoms with van der Waals surface area (Å²) >= 11 is 0. The first-order valence-electron chi connectivity index (χ1n) is 12.4. The molecule has 0 unspecified atom stereocenters. The van der Waals surface area contributed by atoms with Gasteiger partial charge in [0.25, 0.3) is 0 Å². The van der Waals surface area contributed by atoms with E-state index in [2.05, 4.69) is 104 Å². The van der Waals surface area contributed by atoms with Crippen molar-refractivity contribution in [2.45, 2.75) is 0 Å². The minimum Gasteiger partial charge on any atom is -0.396 e. The van der Waals surface area contributed by atoms with Crippen molar-refractivity contribution in [2.75, 3.05) is 5.73 Å². The highest BCUT2D eigenvalue weighted by molar-refractivity contribution is 6.06. The summed E-state index contributed by atoms with van der Waals surface area (Å²) in [5.74, 6) is 0. The van der Waals surface area contributed by atoms with Crippen LogP contribution in [0.4, 0.5) is 5.69 Å². The molecule has 0 aliphatic heterocycles. The van der Waals surface area contributed by atoms with Gasteiger partial charge in [-0.1, -0.05) is 122 Å². The summed E-state index contributed by atoms with van der Waals surface area (Å²) in [6.07, 6.45) is 3.99. The van der Waals surface area contributed by atoms with Crippen molar-refractivity contribution in [3.05, 3.63) is 157 Å². The first-order chi connectivity index (χ1) is 18.2. The van der Waals surface area contributed by atoms with Crippen LogP contribution in [0.5, 0.6) is 0 Å². The molecular formula is C35H26N2. The summed E-state index contributed by atoms with van der Waals surface area (Å²) < 4.78 is 0. The van der Waals surface area contributed by atoms with E-state index in [0.717, 1.165) is 49.9 Å². The molecule has 0 saturated carbocycles. The molecule has 5 aromatic carbocycles. The predicted molar refractivity (Wildman–Crippen MR) is 158 cm³/mol. The van der Waals surface area contributed by atoms with Crippen LogP contribution in [0, 0.1) is 0 Å². The molecule has 1 aromatic heterocycles. The Kier molecular flexibility index (Phi) is 5.84. The molecule has 6 aromatic rings. The monoisotopic (exact) mass is 474 g/mol. The molecule has 0 atom stereocenters. The molecule has 0 radical (unpaired) electrons. The van der Waals surface area contributed by atoms with Crippen molar-refractivity contribution in [3.63, 3.8) is 0 Å². The number of rotatable bonds is 5. The van der Waals surface area contributed by atoms with Gasteiger partial charge in [0, 0.05) is 17.1 Å². The average Bonchev–Trinajstić information content (AvgIpc) is 2.97. The minimum atomic E-state index is 0.663. The van der Waals surface area contributed by atoms with E-state index >= 15 is 0 Å². The Bertz CT molecular complexity index is 1780. The maximum absolute atomic E-state index is 6.88. The fourth-order valence-corrected chi connectivity index (χ4v) is 5.04. The van der Waals surface area contributed by atoms with Crippen LogP contribution in [-0.2, 0) is 0 Å². The number of nitrogen functional groups attached to an aromatic ring is 1. The highest BCUT2D eigenvalue weighted by atomic mass is 14.7. The van der Waals surface area contributed by atoms with Crippen LogP contribution in [0.25, 0.3) is 43.9 Å². The number of nitrogens with two attached hydrogens (primary N) is 1. The summed E-state index contributed by atoms with van der Waals surface area (Å²) in [5, 5.41) is 3.41. The Balaban J connectivity index is 1.54. The molecule has 2 N–H and O–H groups in total. The molecule has 37 heavy (non-hydrogen) atoms. The number of anilines is 1. The van der Waals surface area contributed by atoms with E-state index in [1.807, 2.05) is 36.5 Å². The number of fused-ring (bicyclic) bond motifs is 2. The maximum atomic E-state index is 6.88. The fraction of sp³-hybridized carbons (Fsp3) is 0. The average molecular weight is 475 g/mol. The van der Waals surface area contributed by atoms with Gasteiger partial charge in [-0.3, -0.25) is 4.98 Å². The van der Waals surface area contributed by atoms with E-state index in [0.29, 0.717) is 5.69 Å². The Labute approximate surface area is 217 Å². The van der Waals surface area contributed by atoms with Gasteiger partial charge in [0.2, 0.25) is 0 Å². The lowest BCUT2D eigenvalue weighted by molar-refractivity contribution is 1.40. The van der Waals surface area contributed by atoms with Crippen molar-refractivity contribution >= 4 is 38.5 Å². The zero-order valence-electron chi connectivity index (χ0n) is 20.4. The van der Waals surface area contributed by atoms with Gasteiger partial charge in [-0.2, -0.15) is 0 Å². The number of nitrogens with zero attached hydrogens (tertiary/aromatic N) is 1. The van der Waals surface area contributed by atoms with Crippen molar-refractivity contribution in [3.8, 4) is 11.1 Å². The third kappa shape index (κ3) is 4.19. The van der Waals surface area contributed by atoms with E-state index in [9.17, 15) is 0 Å². The number of benzene rings is 5. The van der Waals surface area contributed by atoms with E-state index in [1.165, 1.54) is 10.8 Å². The maximum Gasteiger partial charge on any atom is 0.0943 e. The summed E-state index contributed by atoms with van der Waals surface area (Å²) in [6.45, 7) is 4.48. The molecular weight excluding hydrogens is 448 g/mol. The minimum absolute atomic E-state index is 0.663. The van der Waals surface area contributed by atoms with Crippen molar-refractivity contribution in [1.29, 1.82) is 0 Å². The van der Waals surface area contributed by atoms with Gasteiger partial charge >= 0.3 is 0 Å². The normalized spacial score (nSPS) is 11.6. The SMILES string of the molecule is C=C(/C=C(/c1ccccc1)c1ccc2c(-c3ccccc3)ccnc2c1N)c1cccc2ccccc12. The van der Waals surface area contributed by atoms with Gasteiger partial charge in [0.15, 0.2) is 0 Å². The third-order valence-corrected chi connectivity index (χ3v) is 6.87. The van der Waals surface area contributed by atoms with Gasteiger partial charge in [-0.15, -0.1) is 0 Å². The van der Waals surface area contributed by atoms with Gasteiger partial charge in [0.05, 0.1) is 11.2 Å². The quantitative estimate of drug-likeness (QED) is 0.200. The third-order valence-electron chi connectivity index (χ3n) is 6.87. The molecule has 176 valence electrons. The van der Waals surface area contributed by atoms with Gasteiger partial charge in [-0.05, 0) is 56.3 Å². The molecule has 0 fully saturated rings. The standard InChI is InChI=1S/C35H26N2/c1-24(28-18-10-16-26-15-8-9-17-29(26)28)23-33(27-13-6-3-7-14-27)31-19-20-32-30(25-11-4-2-5-12-25)21-22-37-35(32)34(31)36/h2-23H,1,36H2/b33-23-. The van der Waals surface area contributed by atoms with Crippen LogP contribution in [0.2, 0.25) is 0 Å². The molecule has 2 heteroatoms. The predicted octanol–water partition coefficient (Wildman–Crippen LogP) is 8.78. The van der Waals surface area contributed by atoms with Crippen LogP contribution >= 0.6 is 0 Å². The van der Waals surface area contributed by atoms with Crippen LogP contribution in [0.1, 0.15) is 16.7 Å². The van der Waals surface area contributed by atoms with Crippen molar-refractivity contribution in [1.82, 2.24) is 4.98 Å². The number of aromatic nitrogens is 1. The molecule has 0 amide bonds. The molecule has 0 bridgehead atoms. The molecule has 0 aliphatic carbocycles. The first-order valence-corrected chi connectivity index (χ1v) is 12.4. The molecule has 6 rings (SSSR count). The lowest BCUT2D eigenvalue weighted by Gasteiger charge is -2.16. The Morgan fingerprint density at radius 1 is 0.649 bits per heavy atom. The summed E-state index contributed by atoms with van der Waals surface area (Å²) in [6, 6.07) is 41.7. The fourth-order valence-electron chi connectivity index (χ4n) is 5.04. The van der Waals surface area contributed by atoms with Crippen molar-refractivity contribution in [2.24, 2.45) is 0 Å². The Morgan fingerprint density at radius 2 is 1.35 bits per heavy atom. The van der Waals surface area contributed by atoms with Gasteiger partial charge in [-0.25, -0.2) is 0 Å². The lowest BCUT2D eigenvalue weighted by atomic mass is 9.90. The molecule has 0 aliphatic rings. The van der Waals surface area contributed by atoms with Crippen LogP contribution in [0.3, 0.4) is 0 Å². The van der Waals surface area contributed by atoms with E-state index in [1.54, 1.807) is 0 Å². The molecule has 2 nitrogen and oxygen atoms in total. The van der Waals surface area contributed by atoms with Crippen LogP contribution in [0.15, 0.2) is 140 Å².